The highest BCUT2D eigenvalue weighted by Crippen LogP contribution is 2.20. The Morgan fingerprint density at radius 2 is 2.07 bits per heavy atom. The molecule has 28 heavy (non-hydrogen) atoms. The molecule has 0 saturated carbocycles. The lowest BCUT2D eigenvalue weighted by molar-refractivity contribution is 0.0731. The van der Waals surface area contributed by atoms with Crippen molar-refractivity contribution in [1.82, 2.24) is 29.4 Å². The maximum absolute atomic E-state index is 13.0. The maximum Gasteiger partial charge on any atom is 0.255 e. The van der Waals surface area contributed by atoms with Gasteiger partial charge in [-0.1, -0.05) is 30.3 Å². The number of carbonyl (C=O) groups excluding carboxylic acids is 1. The van der Waals surface area contributed by atoms with Gasteiger partial charge in [-0.05, 0) is 18.6 Å². The van der Waals surface area contributed by atoms with E-state index in [1.807, 2.05) is 40.7 Å². The second kappa shape index (κ2) is 6.60. The van der Waals surface area contributed by atoms with Crippen molar-refractivity contribution in [1.29, 1.82) is 0 Å². The van der Waals surface area contributed by atoms with Crippen LogP contribution in [-0.2, 0) is 19.5 Å². The number of nitrogens with one attached hydrogen (secondary N) is 1. The average molecular weight is 372 g/mol. The van der Waals surface area contributed by atoms with Gasteiger partial charge in [-0.2, -0.15) is 0 Å². The van der Waals surface area contributed by atoms with E-state index in [2.05, 4.69) is 32.1 Å². The van der Waals surface area contributed by atoms with E-state index < -0.39 is 0 Å². The van der Waals surface area contributed by atoms with Gasteiger partial charge in [0.1, 0.15) is 11.3 Å². The molecule has 1 aliphatic heterocycles. The fraction of sp³-hybridized carbons (Fsp3) is 0.238. The van der Waals surface area contributed by atoms with Crippen LogP contribution in [0.3, 0.4) is 0 Å². The summed E-state index contributed by atoms with van der Waals surface area (Å²) in [5.74, 6) is 0.872. The molecule has 5 rings (SSSR count). The SMILES string of the molecule is Cc1nc2c([nH]1)CN(C(=O)c1cnc3c(c1)ncn3Cc1ccccc1)CC2. The predicted molar refractivity (Wildman–Crippen MR) is 105 cm³/mol. The summed E-state index contributed by atoms with van der Waals surface area (Å²) in [6.45, 7) is 3.85. The summed E-state index contributed by atoms with van der Waals surface area (Å²) >= 11 is 0. The second-order valence-electron chi connectivity index (χ2n) is 7.15. The topological polar surface area (TPSA) is 79.7 Å². The Kier molecular flexibility index (Phi) is 3.93. The van der Waals surface area contributed by atoms with Gasteiger partial charge >= 0.3 is 0 Å². The first-order valence-corrected chi connectivity index (χ1v) is 9.36. The van der Waals surface area contributed by atoms with Crippen LogP contribution < -0.4 is 0 Å². The van der Waals surface area contributed by atoms with Crippen molar-refractivity contribution in [2.45, 2.75) is 26.4 Å². The van der Waals surface area contributed by atoms with Crippen LogP contribution in [0, 0.1) is 6.92 Å². The molecule has 0 atom stereocenters. The monoisotopic (exact) mass is 372 g/mol. The molecule has 0 bridgehead atoms. The van der Waals surface area contributed by atoms with Gasteiger partial charge in [-0.3, -0.25) is 4.79 Å². The van der Waals surface area contributed by atoms with Gasteiger partial charge in [0.15, 0.2) is 5.65 Å². The molecule has 0 fully saturated rings. The highest BCUT2D eigenvalue weighted by Gasteiger charge is 2.24. The zero-order valence-electron chi connectivity index (χ0n) is 15.6. The summed E-state index contributed by atoms with van der Waals surface area (Å²) < 4.78 is 2.00. The number of nitrogens with zero attached hydrogens (tertiary/aromatic N) is 5. The van der Waals surface area contributed by atoms with Gasteiger partial charge in [-0.15, -0.1) is 0 Å². The van der Waals surface area contributed by atoms with Crippen molar-refractivity contribution >= 4 is 17.1 Å². The highest BCUT2D eigenvalue weighted by molar-refractivity contribution is 5.96. The van der Waals surface area contributed by atoms with Gasteiger partial charge in [0.05, 0.1) is 36.4 Å². The third-order valence-corrected chi connectivity index (χ3v) is 5.14. The van der Waals surface area contributed by atoms with Crippen molar-refractivity contribution in [3.63, 3.8) is 0 Å². The lowest BCUT2D eigenvalue weighted by Crippen LogP contribution is -2.36. The Morgan fingerprint density at radius 3 is 2.93 bits per heavy atom. The van der Waals surface area contributed by atoms with E-state index in [9.17, 15) is 4.79 Å². The number of aromatic nitrogens is 5. The minimum absolute atomic E-state index is 0.0232. The molecule has 140 valence electrons. The standard InChI is InChI=1S/C21H20N6O/c1-14-24-17-7-8-26(12-19(17)25-14)21(28)16-9-18-20(22-10-16)27(13-23-18)11-15-5-3-2-4-6-15/h2-6,9-10,13H,7-8,11-12H2,1H3,(H,24,25). The van der Waals surface area contributed by atoms with Crippen molar-refractivity contribution in [3.05, 3.63) is 77.3 Å². The Morgan fingerprint density at radius 1 is 1.21 bits per heavy atom. The number of amides is 1. The number of hydrogen-bond donors (Lipinski definition) is 1. The molecule has 0 radical (unpaired) electrons. The Balaban J connectivity index is 1.39. The molecular weight excluding hydrogens is 352 g/mol. The molecule has 3 aromatic heterocycles. The van der Waals surface area contributed by atoms with Crippen LogP contribution in [-0.4, -0.2) is 41.9 Å². The summed E-state index contributed by atoms with van der Waals surface area (Å²) in [7, 11) is 0. The molecule has 4 aromatic rings. The first-order chi connectivity index (χ1) is 13.7. The first kappa shape index (κ1) is 16.7. The summed E-state index contributed by atoms with van der Waals surface area (Å²) in [6, 6.07) is 12.0. The van der Waals surface area contributed by atoms with E-state index in [1.165, 1.54) is 5.56 Å². The molecule has 4 heterocycles. The molecular formula is C21H20N6O. The predicted octanol–water partition coefficient (Wildman–Crippen LogP) is 2.71. The van der Waals surface area contributed by atoms with Gasteiger partial charge in [0.2, 0.25) is 0 Å². The summed E-state index contributed by atoms with van der Waals surface area (Å²) in [5, 5.41) is 0. The van der Waals surface area contributed by atoms with Crippen LogP contribution in [0.2, 0.25) is 0 Å². The van der Waals surface area contributed by atoms with Crippen LogP contribution in [0.4, 0.5) is 0 Å². The molecule has 0 aliphatic carbocycles. The number of rotatable bonds is 3. The number of fused-ring (bicyclic) bond motifs is 2. The second-order valence-corrected chi connectivity index (χ2v) is 7.15. The number of H-pyrrole nitrogens is 1. The normalized spacial score (nSPS) is 13.7. The molecule has 7 nitrogen and oxygen atoms in total. The molecule has 1 amide bonds. The van der Waals surface area contributed by atoms with Gasteiger partial charge in [0, 0.05) is 19.2 Å². The number of pyridine rings is 1. The maximum atomic E-state index is 13.0. The van der Waals surface area contributed by atoms with Crippen molar-refractivity contribution < 1.29 is 4.79 Å². The quantitative estimate of drug-likeness (QED) is 0.600. The van der Waals surface area contributed by atoms with Crippen molar-refractivity contribution in [2.75, 3.05) is 6.54 Å². The lowest BCUT2D eigenvalue weighted by atomic mass is 10.1. The molecule has 1 N–H and O–H groups in total. The van der Waals surface area contributed by atoms with Crippen LogP contribution in [0.15, 0.2) is 48.9 Å². The Bertz CT molecular complexity index is 1160. The smallest absolute Gasteiger partial charge is 0.255 e. The fourth-order valence-electron chi connectivity index (χ4n) is 3.75. The minimum atomic E-state index is -0.0232. The van der Waals surface area contributed by atoms with Crippen molar-refractivity contribution in [2.24, 2.45) is 0 Å². The van der Waals surface area contributed by atoms with Crippen LogP contribution >= 0.6 is 0 Å². The van der Waals surface area contributed by atoms with E-state index >= 15 is 0 Å². The first-order valence-electron chi connectivity index (χ1n) is 9.36. The van der Waals surface area contributed by atoms with Crippen molar-refractivity contribution in [3.8, 4) is 0 Å². The zero-order valence-corrected chi connectivity index (χ0v) is 15.6. The highest BCUT2D eigenvalue weighted by atomic mass is 16.2. The van der Waals surface area contributed by atoms with Crippen LogP contribution in [0.1, 0.15) is 33.1 Å². The number of aromatic amines is 1. The third kappa shape index (κ3) is 2.94. The largest absolute Gasteiger partial charge is 0.344 e. The van der Waals surface area contributed by atoms with Gasteiger partial charge in [-0.25, -0.2) is 15.0 Å². The number of benzene rings is 1. The van der Waals surface area contributed by atoms with E-state index in [-0.39, 0.29) is 5.91 Å². The van der Waals surface area contributed by atoms with E-state index in [4.69, 9.17) is 0 Å². The molecule has 7 heteroatoms. The molecule has 1 aromatic carbocycles. The average Bonchev–Trinajstić information content (AvgIpc) is 3.29. The minimum Gasteiger partial charge on any atom is -0.344 e. The molecule has 0 unspecified atom stereocenters. The van der Waals surface area contributed by atoms with Crippen LogP contribution in [0.5, 0.6) is 0 Å². The summed E-state index contributed by atoms with van der Waals surface area (Å²) in [5.41, 5.74) is 5.36. The number of aryl methyl sites for hydroxylation is 1. The number of hydrogen-bond acceptors (Lipinski definition) is 4. The summed E-state index contributed by atoms with van der Waals surface area (Å²) in [4.78, 5) is 31.5. The van der Waals surface area contributed by atoms with Gasteiger partial charge in [0.25, 0.3) is 5.91 Å². The van der Waals surface area contributed by atoms with Crippen LogP contribution in [0.25, 0.3) is 11.2 Å². The fourth-order valence-corrected chi connectivity index (χ4v) is 3.75. The molecule has 0 saturated heterocycles. The summed E-state index contributed by atoms with van der Waals surface area (Å²) in [6.07, 6.45) is 4.20. The number of carbonyl (C=O) groups is 1. The number of imidazole rings is 2. The van der Waals surface area contributed by atoms with Gasteiger partial charge < -0.3 is 14.5 Å². The Labute approximate surface area is 162 Å². The third-order valence-electron chi connectivity index (χ3n) is 5.14. The molecule has 1 aliphatic rings. The Hall–Kier alpha value is -3.48. The zero-order chi connectivity index (χ0) is 19.1. The molecule has 0 spiro atoms. The van der Waals surface area contributed by atoms with E-state index in [0.717, 1.165) is 34.8 Å². The van der Waals surface area contributed by atoms with E-state index in [0.29, 0.717) is 25.2 Å². The lowest BCUT2D eigenvalue weighted by Gasteiger charge is -2.26. The van der Waals surface area contributed by atoms with E-state index in [1.54, 1.807) is 12.5 Å².